The van der Waals surface area contributed by atoms with Crippen LogP contribution in [0, 0.1) is 6.92 Å². The van der Waals surface area contributed by atoms with E-state index >= 15 is 0 Å². The standard InChI is InChI=1S/C16H14BrN3OS/c1-10-6-7-12(11(17)8-10)18-15(21)9-22-16-19-13-4-2-3-5-14(13)20-16/h2-8H,9H2,1H3,(H,18,21)(H,19,20). The number of thioether (sulfide) groups is 1. The average molecular weight is 376 g/mol. The molecule has 1 amide bonds. The van der Waals surface area contributed by atoms with Crippen LogP contribution in [0.15, 0.2) is 52.1 Å². The summed E-state index contributed by atoms with van der Waals surface area (Å²) in [5.41, 5.74) is 3.81. The third kappa shape index (κ3) is 3.51. The van der Waals surface area contributed by atoms with Gasteiger partial charge in [0.15, 0.2) is 5.16 Å². The van der Waals surface area contributed by atoms with Crippen molar-refractivity contribution in [2.24, 2.45) is 0 Å². The lowest BCUT2D eigenvalue weighted by Crippen LogP contribution is -2.14. The Labute approximate surface area is 140 Å². The summed E-state index contributed by atoms with van der Waals surface area (Å²) in [7, 11) is 0. The Bertz CT molecular complexity index is 798. The van der Waals surface area contributed by atoms with Gasteiger partial charge in [-0.3, -0.25) is 4.79 Å². The van der Waals surface area contributed by atoms with Crippen LogP contribution in [0.3, 0.4) is 0 Å². The highest BCUT2D eigenvalue weighted by atomic mass is 79.9. The van der Waals surface area contributed by atoms with Crippen LogP contribution in [0.1, 0.15) is 5.56 Å². The zero-order valence-electron chi connectivity index (χ0n) is 11.9. The number of rotatable bonds is 4. The number of para-hydroxylation sites is 2. The third-order valence-electron chi connectivity index (χ3n) is 3.11. The van der Waals surface area contributed by atoms with Crippen LogP contribution in [0.5, 0.6) is 0 Å². The van der Waals surface area contributed by atoms with E-state index in [1.807, 2.05) is 49.4 Å². The van der Waals surface area contributed by atoms with Crippen LogP contribution in [-0.4, -0.2) is 21.6 Å². The Morgan fingerprint density at radius 2 is 2.14 bits per heavy atom. The summed E-state index contributed by atoms with van der Waals surface area (Å²) in [6.45, 7) is 2.01. The molecule has 1 heterocycles. The van der Waals surface area contributed by atoms with Crippen LogP contribution in [-0.2, 0) is 4.79 Å². The molecule has 0 atom stereocenters. The maximum absolute atomic E-state index is 12.0. The average Bonchev–Trinajstić information content (AvgIpc) is 2.91. The molecule has 3 rings (SSSR count). The quantitative estimate of drug-likeness (QED) is 0.665. The van der Waals surface area contributed by atoms with Crippen molar-refractivity contribution < 1.29 is 4.79 Å². The fraction of sp³-hybridized carbons (Fsp3) is 0.125. The number of aryl methyl sites for hydroxylation is 1. The number of halogens is 1. The van der Waals surface area contributed by atoms with Crippen LogP contribution < -0.4 is 5.32 Å². The number of aromatic nitrogens is 2. The molecule has 0 saturated heterocycles. The summed E-state index contributed by atoms with van der Waals surface area (Å²) in [5.74, 6) is 0.246. The fourth-order valence-corrected chi connectivity index (χ4v) is 3.32. The summed E-state index contributed by atoms with van der Waals surface area (Å²) in [4.78, 5) is 19.7. The van der Waals surface area contributed by atoms with Gasteiger partial charge in [0.1, 0.15) is 0 Å². The van der Waals surface area contributed by atoms with Crippen molar-refractivity contribution in [3.05, 3.63) is 52.5 Å². The van der Waals surface area contributed by atoms with E-state index in [-0.39, 0.29) is 5.91 Å². The van der Waals surface area contributed by atoms with Gasteiger partial charge in [-0.15, -0.1) is 0 Å². The van der Waals surface area contributed by atoms with Crippen molar-refractivity contribution in [3.8, 4) is 0 Å². The molecular formula is C16H14BrN3OS. The lowest BCUT2D eigenvalue weighted by Gasteiger charge is -2.07. The highest BCUT2D eigenvalue weighted by Crippen LogP contribution is 2.24. The molecule has 0 saturated carbocycles. The number of carbonyl (C=O) groups excluding carboxylic acids is 1. The topological polar surface area (TPSA) is 57.8 Å². The summed E-state index contributed by atoms with van der Waals surface area (Å²) < 4.78 is 0.884. The lowest BCUT2D eigenvalue weighted by atomic mass is 10.2. The van der Waals surface area contributed by atoms with Gasteiger partial charge < -0.3 is 10.3 Å². The molecule has 1 aromatic heterocycles. The molecule has 0 spiro atoms. The second-order valence-corrected chi connectivity index (χ2v) is 6.70. The Kier molecular flexibility index (Phi) is 4.49. The molecule has 3 aromatic rings. The minimum Gasteiger partial charge on any atom is -0.333 e. The molecular weight excluding hydrogens is 362 g/mol. The van der Waals surface area contributed by atoms with E-state index in [0.29, 0.717) is 5.75 Å². The van der Waals surface area contributed by atoms with Gasteiger partial charge in [0.25, 0.3) is 0 Å². The van der Waals surface area contributed by atoms with Crippen molar-refractivity contribution >= 4 is 50.3 Å². The molecule has 6 heteroatoms. The van der Waals surface area contributed by atoms with Gasteiger partial charge in [0.05, 0.1) is 22.5 Å². The normalized spacial score (nSPS) is 10.8. The van der Waals surface area contributed by atoms with E-state index in [0.717, 1.165) is 31.9 Å². The fourth-order valence-electron chi connectivity index (χ4n) is 2.04. The zero-order chi connectivity index (χ0) is 15.5. The Hall–Kier alpha value is -1.79. The highest BCUT2D eigenvalue weighted by Gasteiger charge is 2.09. The minimum atomic E-state index is -0.0602. The van der Waals surface area contributed by atoms with Gasteiger partial charge in [-0.1, -0.05) is 30.0 Å². The SMILES string of the molecule is Cc1ccc(NC(=O)CSc2nc3ccccc3[nH]2)c(Br)c1. The third-order valence-corrected chi connectivity index (χ3v) is 4.64. The number of nitrogens with zero attached hydrogens (tertiary/aromatic N) is 1. The Morgan fingerprint density at radius 1 is 1.32 bits per heavy atom. The van der Waals surface area contributed by atoms with Crippen molar-refractivity contribution in [2.75, 3.05) is 11.1 Å². The first-order valence-electron chi connectivity index (χ1n) is 6.75. The predicted molar refractivity (Wildman–Crippen MR) is 94.3 cm³/mol. The first-order chi connectivity index (χ1) is 10.6. The number of H-pyrrole nitrogens is 1. The first-order valence-corrected chi connectivity index (χ1v) is 8.53. The Morgan fingerprint density at radius 3 is 2.91 bits per heavy atom. The van der Waals surface area contributed by atoms with Gasteiger partial charge >= 0.3 is 0 Å². The number of carbonyl (C=O) groups is 1. The molecule has 0 fully saturated rings. The van der Waals surface area contributed by atoms with Gasteiger partial charge in [-0.05, 0) is 52.7 Å². The van der Waals surface area contributed by atoms with Crippen molar-refractivity contribution in [3.63, 3.8) is 0 Å². The molecule has 0 aliphatic carbocycles. The largest absolute Gasteiger partial charge is 0.333 e. The molecule has 0 radical (unpaired) electrons. The van der Waals surface area contributed by atoms with Gasteiger partial charge in [0, 0.05) is 4.47 Å². The minimum absolute atomic E-state index is 0.0602. The summed E-state index contributed by atoms with van der Waals surface area (Å²) in [5, 5.41) is 3.64. The zero-order valence-corrected chi connectivity index (χ0v) is 14.3. The second kappa shape index (κ2) is 6.54. The maximum atomic E-state index is 12.0. The molecule has 0 aliphatic rings. The van der Waals surface area contributed by atoms with Gasteiger partial charge in [-0.25, -0.2) is 4.98 Å². The number of benzene rings is 2. The van der Waals surface area contributed by atoms with Crippen LogP contribution in [0.25, 0.3) is 11.0 Å². The molecule has 0 aliphatic heterocycles. The molecule has 2 N–H and O–H groups in total. The smallest absolute Gasteiger partial charge is 0.234 e. The second-order valence-electron chi connectivity index (χ2n) is 4.88. The molecule has 112 valence electrons. The van der Waals surface area contributed by atoms with E-state index in [9.17, 15) is 4.79 Å². The molecule has 0 bridgehead atoms. The molecule has 4 nitrogen and oxygen atoms in total. The monoisotopic (exact) mass is 375 g/mol. The van der Waals surface area contributed by atoms with Crippen molar-refractivity contribution in [2.45, 2.75) is 12.1 Å². The number of nitrogens with one attached hydrogen (secondary N) is 2. The number of hydrogen-bond donors (Lipinski definition) is 2. The maximum Gasteiger partial charge on any atom is 0.234 e. The summed E-state index contributed by atoms with van der Waals surface area (Å²) in [6.07, 6.45) is 0. The molecule has 22 heavy (non-hydrogen) atoms. The summed E-state index contributed by atoms with van der Waals surface area (Å²) in [6, 6.07) is 13.6. The predicted octanol–water partition coefficient (Wildman–Crippen LogP) is 4.36. The first kappa shape index (κ1) is 15.1. The van der Waals surface area contributed by atoms with E-state index in [4.69, 9.17) is 0 Å². The Balaban J connectivity index is 1.62. The molecule has 0 unspecified atom stereocenters. The van der Waals surface area contributed by atoms with Gasteiger partial charge in [-0.2, -0.15) is 0 Å². The number of imidazole rings is 1. The van der Waals surface area contributed by atoms with Crippen LogP contribution >= 0.6 is 27.7 Å². The van der Waals surface area contributed by atoms with E-state index in [1.165, 1.54) is 11.8 Å². The summed E-state index contributed by atoms with van der Waals surface area (Å²) >= 11 is 4.84. The van der Waals surface area contributed by atoms with Crippen molar-refractivity contribution in [1.29, 1.82) is 0 Å². The van der Waals surface area contributed by atoms with Crippen LogP contribution in [0.4, 0.5) is 5.69 Å². The molecule has 2 aromatic carbocycles. The van der Waals surface area contributed by atoms with E-state index < -0.39 is 0 Å². The van der Waals surface area contributed by atoms with Crippen molar-refractivity contribution in [1.82, 2.24) is 9.97 Å². The van der Waals surface area contributed by atoms with Gasteiger partial charge in [0.2, 0.25) is 5.91 Å². The lowest BCUT2D eigenvalue weighted by molar-refractivity contribution is -0.113. The highest BCUT2D eigenvalue weighted by molar-refractivity contribution is 9.10. The number of aromatic amines is 1. The number of fused-ring (bicyclic) bond motifs is 1. The number of amides is 1. The van der Waals surface area contributed by atoms with E-state index in [1.54, 1.807) is 0 Å². The van der Waals surface area contributed by atoms with E-state index in [2.05, 4.69) is 31.2 Å². The van der Waals surface area contributed by atoms with Crippen LogP contribution in [0.2, 0.25) is 0 Å². The number of hydrogen-bond acceptors (Lipinski definition) is 3. The number of anilines is 1.